The number of thioether (sulfide) groups is 1. The van der Waals surface area contributed by atoms with Crippen molar-refractivity contribution in [2.45, 2.75) is 30.4 Å². The van der Waals surface area contributed by atoms with Crippen LogP contribution in [0.3, 0.4) is 0 Å². The standard InChI is InChI=1S/C22H18FN3O3S/c23-18-9-16-12-28-21(15-5-2-1-3-6-15)29-20(16)17(10-18)13-30-22-25-24-14-26(22)11-19-7-4-8-27-19/h1-10,14,21H,11-13H2/t21-/m1/s1. The molecule has 0 fully saturated rings. The zero-order chi connectivity index (χ0) is 20.3. The summed E-state index contributed by atoms with van der Waals surface area (Å²) in [6.07, 6.45) is 2.77. The Labute approximate surface area is 176 Å². The maximum absolute atomic E-state index is 14.2. The average molecular weight is 423 g/mol. The number of hydrogen-bond acceptors (Lipinski definition) is 6. The molecule has 0 bridgehead atoms. The molecule has 0 amide bonds. The van der Waals surface area contributed by atoms with Crippen molar-refractivity contribution in [3.8, 4) is 5.75 Å². The van der Waals surface area contributed by atoms with Crippen molar-refractivity contribution in [3.63, 3.8) is 0 Å². The zero-order valence-electron chi connectivity index (χ0n) is 15.9. The first-order valence-corrected chi connectivity index (χ1v) is 10.4. The fourth-order valence-corrected chi connectivity index (χ4v) is 4.22. The molecule has 2 aromatic carbocycles. The first kappa shape index (κ1) is 18.9. The summed E-state index contributed by atoms with van der Waals surface area (Å²) in [5.41, 5.74) is 2.38. The van der Waals surface area contributed by atoms with E-state index in [0.29, 0.717) is 30.2 Å². The van der Waals surface area contributed by atoms with E-state index < -0.39 is 6.29 Å². The lowest BCUT2D eigenvalue weighted by atomic mass is 10.1. The Morgan fingerprint density at radius 2 is 2.03 bits per heavy atom. The van der Waals surface area contributed by atoms with Crippen LogP contribution in [-0.2, 0) is 23.6 Å². The van der Waals surface area contributed by atoms with Gasteiger partial charge in [-0.1, -0.05) is 42.1 Å². The Morgan fingerprint density at radius 1 is 1.13 bits per heavy atom. The molecule has 0 radical (unpaired) electrons. The summed E-state index contributed by atoms with van der Waals surface area (Å²) in [6.45, 7) is 0.822. The summed E-state index contributed by atoms with van der Waals surface area (Å²) >= 11 is 1.47. The van der Waals surface area contributed by atoms with Crippen LogP contribution in [0.5, 0.6) is 5.75 Å². The van der Waals surface area contributed by atoms with Crippen LogP contribution in [0.2, 0.25) is 0 Å². The average Bonchev–Trinajstić information content (AvgIpc) is 3.45. The van der Waals surface area contributed by atoms with Crippen molar-refractivity contribution >= 4 is 11.8 Å². The van der Waals surface area contributed by atoms with Crippen LogP contribution in [-0.4, -0.2) is 14.8 Å². The highest BCUT2D eigenvalue weighted by Gasteiger charge is 2.25. The Kier molecular flexibility index (Phi) is 5.25. The van der Waals surface area contributed by atoms with Gasteiger partial charge in [-0.05, 0) is 24.3 Å². The van der Waals surface area contributed by atoms with Gasteiger partial charge >= 0.3 is 0 Å². The summed E-state index contributed by atoms with van der Waals surface area (Å²) < 4.78 is 33.4. The Hall–Kier alpha value is -3.10. The molecular formula is C22H18FN3O3S. The number of benzene rings is 2. The van der Waals surface area contributed by atoms with E-state index in [0.717, 1.165) is 22.0 Å². The van der Waals surface area contributed by atoms with Crippen molar-refractivity contribution in [2.24, 2.45) is 0 Å². The number of aromatic nitrogens is 3. The number of hydrogen-bond donors (Lipinski definition) is 0. The SMILES string of the molecule is Fc1cc2c(c(CSc3nncn3Cc3ccco3)c1)O[C@H](c1ccccc1)OC2. The summed E-state index contributed by atoms with van der Waals surface area (Å²) in [7, 11) is 0. The van der Waals surface area contributed by atoms with E-state index >= 15 is 0 Å². The van der Waals surface area contributed by atoms with Crippen molar-refractivity contribution in [2.75, 3.05) is 0 Å². The third-order valence-corrected chi connectivity index (χ3v) is 5.77. The Bertz CT molecular complexity index is 1130. The summed E-state index contributed by atoms with van der Waals surface area (Å²) in [4.78, 5) is 0. The smallest absolute Gasteiger partial charge is 0.227 e. The fraction of sp³-hybridized carbons (Fsp3) is 0.182. The van der Waals surface area contributed by atoms with Crippen molar-refractivity contribution in [1.29, 1.82) is 0 Å². The van der Waals surface area contributed by atoms with Crippen LogP contribution >= 0.6 is 11.8 Å². The van der Waals surface area contributed by atoms with Gasteiger partial charge in [0.2, 0.25) is 6.29 Å². The van der Waals surface area contributed by atoms with Gasteiger partial charge in [-0.25, -0.2) is 4.39 Å². The molecule has 2 aromatic heterocycles. The highest BCUT2D eigenvalue weighted by atomic mass is 32.2. The Balaban J connectivity index is 1.36. The van der Waals surface area contributed by atoms with E-state index in [9.17, 15) is 4.39 Å². The minimum atomic E-state index is -0.518. The topological polar surface area (TPSA) is 62.3 Å². The molecule has 5 rings (SSSR count). The minimum Gasteiger partial charge on any atom is -0.467 e. The maximum Gasteiger partial charge on any atom is 0.227 e. The van der Waals surface area contributed by atoms with Gasteiger partial charge in [0.25, 0.3) is 0 Å². The third kappa shape index (κ3) is 3.96. The number of ether oxygens (including phenoxy) is 2. The van der Waals surface area contributed by atoms with E-state index in [1.54, 1.807) is 12.6 Å². The molecule has 0 aliphatic carbocycles. The van der Waals surface area contributed by atoms with E-state index in [-0.39, 0.29) is 5.82 Å². The van der Waals surface area contributed by atoms with Gasteiger partial charge in [0, 0.05) is 22.4 Å². The second kappa shape index (κ2) is 8.33. The van der Waals surface area contributed by atoms with Crippen molar-refractivity contribution < 1.29 is 18.3 Å². The van der Waals surface area contributed by atoms with Gasteiger partial charge in [-0.2, -0.15) is 0 Å². The predicted molar refractivity (Wildman–Crippen MR) is 108 cm³/mol. The minimum absolute atomic E-state index is 0.291. The Morgan fingerprint density at radius 3 is 2.87 bits per heavy atom. The predicted octanol–water partition coefficient (Wildman–Crippen LogP) is 4.96. The van der Waals surface area contributed by atoms with E-state index in [2.05, 4.69) is 10.2 Å². The second-order valence-electron chi connectivity index (χ2n) is 6.83. The molecule has 8 heteroatoms. The molecule has 4 aromatic rings. The molecule has 1 aliphatic rings. The molecule has 0 saturated heterocycles. The molecule has 6 nitrogen and oxygen atoms in total. The summed E-state index contributed by atoms with van der Waals surface area (Å²) in [5, 5.41) is 8.90. The molecule has 0 spiro atoms. The van der Waals surface area contributed by atoms with Crippen molar-refractivity contribution in [3.05, 3.63) is 95.5 Å². The highest BCUT2D eigenvalue weighted by Crippen LogP contribution is 2.38. The molecule has 1 aliphatic heterocycles. The monoisotopic (exact) mass is 423 g/mol. The molecule has 1 atom stereocenters. The number of rotatable bonds is 6. The molecule has 152 valence electrons. The van der Waals surface area contributed by atoms with Crippen LogP contribution < -0.4 is 4.74 Å². The van der Waals surface area contributed by atoms with Gasteiger partial charge in [0.15, 0.2) is 5.16 Å². The summed E-state index contributed by atoms with van der Waals surface area (Å²) in [6, 6.07) is 16.4. The highest BCUT2D eigenvalue weighted by molar-refractivity contribution is 7.98. The van der Waals surface area contributed by atoms with Gasteiger partial charge in [0.05, 0.1) is 19.4 Å². The van der Waals surface area contributed by atoms with Gasteiger partial charge < -0.3 is 18.5 Å². The van der Waals surface area contributed by atoms with Crippen molar-refractivity contribution in [1.82, 2.24) is 14.8 Å². The van der Waals surface area contributed by atoms with Crippen LogP contribution in [0.25, 0.3) is 0 Å². The lowest BCUT2D eigenvalue weighted by Gasteiger charge is -2.28. The number of fused-ring (bicyclic) bond motifs is 1. The maximum atomic E-state index is 14.2. The van der Waals surface area contributed by atoms with Crippen LogP contribution in [0.4, 0.5) is 4.39 Å². The van der Waals surface area contributed by atoms with Gasteiger partial charge in [-0.3, -0.25) is 0 Å². The fourth-order valence-electron chi connectivity index (χ4n) is 3.34. The number of halogens is 1. The second-order valence-corrected chi connectivity index (χ2v) is 7.78. The molecule has 0 N–H and O–H groups in total. The lowest BCUT2D eigenvalue weighted by Crippen LogP contribution is -2.19. The van der Waals surface area contributed by atoms with Crippen LogP contribution in [0, 0.1) is 5.82 Å². The number of nitrogens with zero attached hydrogens (tertiary/aromatic N) is 3. The van der Waals surface area contributed by atoms with Gasteiger partial charge in [0.1, 0.15) is 23.7 Å². The first-order valence-electron chi connectivity index (χ1n) is 9.44. The first-order chi connectivity index (χ1) is 14.8. The van der Waals surface area contributed by atoms with E-state index in [1.165, 1.54) is 23.9 Å². The molecule has 30 heavy (non-hydrogen) atoms. The molecule has 0 unspecified atom stereocenters. The molecule has 0 saturated carbocycles. The largest absolute Gasteiger partial charge is 0.467 e. The van der Waals surface area contributed by atoms with E-state index in [4.69, 9.17) is 13.9 Å². The summed E-state index contributed by atoms with van der Waals surface area (Å²) in [5.74, 6) is 1.65. The van der Waals surface area contributed by atoms with E-state index in [1.807, 2.05) is 47.0 Å². The lowest BCUT2D eigenvalue weighted by molar-refractivity contribution is -0.112. The molecule has 3 heterocycles. The number of furan rings is 1. The van der Waals surface area contributed by atoms with Crippen LogP contribution in [0.15, 0.2) is 76.8 Å². The van der Waals surface area contributed by atoms with Gasteiger partial charge in [-0.15, -0.1) is 10.2 Å². The quantitative estimate of drug-likeness (QED) is 0.409. The molecular weight excluding hydrogens is 405 g/mol. The normalized spacial score (nSPS) is 15.6. The third-order valence-electron chi connectivity index (χ3n) is 4.74. The van der Waals surface area contributed by atoms with Crippen LogP contribution in [0.1, 0.15) is 28.7 Å². The zero-order valence-corrected chi connectivity index (χ0v) is 16.7.